The quantitative estimate of drug-likeness (QED) is 0.287. The van der Waals surface area contributed by atoms with E-state index in [0.717, 1.165) is 13.0 Å². The predicted molar refractivity (Wildman–Crippen MR) is 113 cm³/mol. The number of hydrogen-bond donors (Lipinski definition) is 1. The molecule has 176 valence electrons. The van der Waals surface area contributed by atoms with Gasteiger partial charge in [0.05, 0.1) is 44.0 Å². The van der Waals surface area contributed by atoms with E-state index in [1.54, 1.807) is 20.8 Å². The van der Waals surface area contributed by atoms with E-state index in [-0.39, 0.29) is 25.7 Å². The molecule has 0 aromatic carbocycles. The molecule has 1 fully saturated rings. The fraction of sp³-hybridized carbons (Fsp3) is 0.864. The second-order valence-corrected chi connectivity index (χ2v) is 8.70. The highest BCUT2D eigenvalue weighted by Crippen LogP contribution is 2.15. The third kappa shape index (κ3) is 14.7. The van der Waals surface area contributed by atoms with E-state index in [1.807, 2.05) is 0 Å². The molecule has 0 aliphatic carbocycles. The van der Waals surface area contributed by atoms with E-state index >= 15 is 0 Å². The summed E-state index contributed by atoms with van der Waals surface area (Å²) in [6.45, 7) is 8.16. The molecule has 0 radical (unpaired) electrons. The van der Waals surface area contributed by atoms with Crippen LogP contribution in [0.5, 0.6) is 0 Å². The number of carbonyl (C=O) groups excluding carboxylic acids is 1. The zero-order valence-electron chi connectivity index (χ0n) is 19.0. The molecule has 0 saturated carbocycles. The zero-order chi connectivity index (χ0) is 23.1. The van der Waals surface area contributed by atoms with Crippen LogP contribution in [-0.4, -0.2) is 80.0 Å². The first kappa shape index (κ1) is 27.1. The molecule has 3 atom stereocenters. The molecule has 0 aromatic heterocycles. The zero-order valence-corrected chi connectivity index (χ0v) is 19.0. The van der Waals surface area contributed by atoms with Gasteiger partial charge in [0.25, 0.3) is 0 Å². The van der Waals surface area contributed by atoms with Crippen LogP contribution >= 0.6 is 0 Å². The number of aliphatic hydroxyl groups is 1. The molecule has 1 heterocycles. The van der Waals surface area contributed by atoms with Gasteiger partial charge >= 0.3 is 6.09 Å². The van der Waals surface area contributed by atoms with Gasteiger partial charge in [0, 0.05) is 32.7 Å². The molecule has 31 heavy (non-hydrogen) atoms. The van der Waals surface area contributed by atoms with Crippen molar-refractivity contribution in [1.29, 1.82) is 10.5 Å². The minimum absolute atomic E-state index is 0.176. The Morgan fingerprint density at radius 1 is 1.23 bits per heavy atom. The number of hydrogen-bond acceptors (Lipinski definition) is 8. The smallest absolute Gasteiger partial charge is 0.410 e. The van der Waals surface area contributed by atoms with E-state index in [1.165, 1.54) is 4.90 Å². The van der Waals surface area contributed by atoms with Crippen LogP contribution < -0.4 is 0 Å². The summed E-state index contributed by atoms with van der Waals surface area (Å²) in [5, 5.41) is 28.1. The summed E-state index contributed by atoms with van der Waals surface area (Å²) < 4.78 is 21.4. The normalized spacial score (nSPS) is 17.3. The molecule has 1 aliphatic heterocycles. The lowest BCUT2D eigenvalue weighted by Crippen LogP contribution is -2.40. The monoisotopic (exact) mass is 439 g/mol. The average molecular weight is 440 g/mol. The third-order valence-corrected chi connectivity index (χ3v) is 4.44. The van der Waals surface area contributed by atoms with Crippen molar-refractivity contribution in [1.82, 2.24) is 4.90 Å². The molecule has 9 nitrogen and oxygen atoms in total. The first-order chi connectivity index (χ1) is 14.7. The Morgan fingerprint density at radius 2 is 1.90 bits per heavy atom. The summed E-state index contributed by atoms with van der Waals surface area (Å²) in [6, 6.07) is 4.30. The Balaban J connectivity index is 2.26. The summed E-state index contributed by atoms with van der Waals surface area (Å²) >= 11 is 0. The minimum atomic E-state index is -0.685. The predicted octanol–water partition coefficient (Wildman–Crippen LogP) is 2.63. The number of unbranched alkanes of at least 4 members (excludes halogenated alkanes) is 1. The topological polar surface area (TPSA) is 128 Å². The van der Waals surface area contributed by atoms with Gasteiger partial charge < -0.3 is 29.0 Å². The van der Waals surface area contributed by atoms with Crippen LogP contribution in [0.1, 0.15) is 52.9 Å². The van der Waals surface area contributed by atoms with Crippen molar-refractivity contribution < 1.29 is 28.8 Å². The van der Waals surface area contributed by atoms with Crippen LogP contribution in [0, 0.1) is 28.6 Å². The number of aliphatic hydroxyl groups excluding tert-OH is 1. The molecule has 0 spiro atoms. The van der Waals surface area contributed by atoms with Gasteiger partial charge in [-0.15, -0.1) is 0 Å². The minimum Gasteiger partial charge on any atom is -0.444 e. The molecule has 1 saturated heterocycles. The molecule has 0 bridgehead atoms. The lowest BCUT2D eigenvalue weighted by molar-refractivity contribution is -0.0209. The van der Waals surface area contributed by atoms with Gasteiger partial charge in [-0.1, -0.05) is 0 Å². The SMILES string of the molecule is CC(C)(C)OC(=O)N(CCCC#N)CC(C#N)CCCOCC(O)COCCC1CO1. The van der Waals surface area contributed by atoms with E-state index in [2.05, 4.69) is 12.1 Å². The van der Waals surface area contributed by atoms with Crippen molar-refractivity contribution in [2.24, 2.45) is 5.92 Å². The Kier molecular flexibility index (Phi) is 13.1. The van der Waals surface area contributed by atoms with Crippen molar-refractivity contribution in [2.45, 2.75) is 70.7 Å². The fourth-order valence-electron chi connectivity index (χ4n) is 2.76. The number of amides is 1. The molecule has 3 unspecified atom stereocenters. The summed E-state index contributed by atoms with van der Waals surface area (Å²) in [7, 11) is 0. The number of rotatable bonds is 16. The van der Waals surface area contributed by atoms with Gasteiger partial charge in [-0.05, 0) is 46.5 Å². The standard InChI is InChI=1S/C22H37N3O6/c1-22(2,3)31-21(27)25(10-5-4-9-23)14-18(13-24)7-6-11-28-15-19(26)16-29-12-8-20-17-30-20/h18-20,26H,4-8,10-12,14-17H2,1-3H3. The Labute approximate surface area is 185 Å². The van der Waals surface area contributed by atoms with Gasteiger partial charge in [0.1, 0.15) is 11.7 Å². The van der Waals surface area contributed by atoms with Gasteiger partial charge in [-0.2, -0.15) is 10.5 Å². The number of carbonyl (C=O) groups is 1. The molecule has 1 rings (SSSR count). The molecular weight excluding hydrogens is 402 g/mol. The van der Waals surface area contributed by atoms with Crippen molar-refractivity contribution in [2.75, 3.05) is 46.1 Å². The van der Waals surface area contributed by atoms with Crippen molar-refractivity contribution in [3.8, 4) is 12.1 Å². The van der Waals surface area contributed by atoms with Crippen molar-refractivity contribution in [3.63, 3.8) is 0 Å². The Hall–Kier alpha value is -1.91. The molecule has 0 aromatic rings. The van der Waals surface area contributed by atoms with Crippen LogP contribution in [0.3, 0.4) is 0 Å². The summed E-state index contributed by atoms with van der Waals surface area (Å²) in [6.07, 6.45) is 2.06. The van der Waals surface area contributed by atoms with Crippen molar-refractivity contribution in [3.05, 3.63) is 0 Å². The number of nitriles is 2. The number of epoxide rings is 1. The maximum atomic E-state index is 12.4. The van der Waals surface area contributed by atoms with Gasteiger partial charge in [-0.25, -0.2) is 4.79 Å². The van der Waals surface area contributed by atoms with Crippen LogP contribution in [-0.2, 0) is 18.9 Å². The van der Waals surface area contributed by atoms with Gasteiger partial charge in [0.2, 0.25) is 0 Å². The highest BCUT2D eigenvalue weighted by molar-refractivity contribution is 5.68. The summed E-state index contributed by atoms with van der Waals surface area (Å²) in [5.41, 5.74) is -0.628. The Morgan fingerprint density at radius 3 is 2.48 bits per heavy atom. The van der Waals surface area contributed by atoms with Crippen LogP contribution in [0.15, 0.2) is 0 Å². The highest BCUT2D eigenvalue weighted by atomic mass is 16.6. The Bertz CT molecular complexity index is 592. The lowest BCUT2D eigenvalue weighted by Gasteiger charge is -2.28. The highest BCUT2D eigenvalue weighted by Gasteiger charge is 2.24. The fourth-order valence-corrected chi connectivity index (χ4v) is 2.76. The average Bonchev–Trinajstić information content (AvgIpc) is 3.52. The second-order valence-electron chi connectivity index (χ2n) is 8.70. The lowest BCUT2D eigenvalue weighted by atomic mass is 10.0. The van der Waals surface area contributed by atoms with E-state index in [4.69, 9.17) is 24.2 Å². The molecular formula is C22H37N3O6. The van der Waals surface area contributed by atoms with E-state index in [0.29, 0.717) is 51.5 Å². The molecule has 1 N–H and O–H groups in total. The van der Waals surface area contributed by atoms with Crippen LogP contribution in [0.2, 0.25) is 0 Å². The molecule has 1 aliphatic rings. The number of ether oxygens (including phenoxy) is 4. The largest absolute Gasteiger partial charge is 0.444 e. The van der Waals surface area contributed by atoms with E-state index < -0.39 is 17.8 Å². The maximum absolute atomic E-state index is 12.4. The van der Waals surface area contributed by atoms with Crippen molar-refractivity contribution >= 4 is 6.09 Å². The first-order valence-electron chi connectivity index (χ1n) is 10.9. The molecule has 9 heteroatoms. The number of nitrogens with zero attached hydrogens (tertiary/aromatic N) is 3. The van der Waals surface area contributed by atoms with Crippen LogP contribution in [0.4, 0.5) is 4.79 Å². The maximum Gasteiger partial charge on any atom is 0.410 e. The summed E-state index contributed by atoms with van der Waals surface area (Å²) in [4.78, 5) is 13.9. The first-order valence-corrected chi connectivity index (χ1v) is 10.9. The van der Waals surface area contributed by atoms with Gasteiger partial charge in [0.15, 0.2) is 0 Å². The second kappa shape index (κ2) is 15.0. The van der Waals surface area contributed by atoms with E-state index in [9.17, 15) is 15.2 Å². The third-order valence-electron chi connectivity index (χ3n) is 4.44. The molecule has 1 amide bonds. The van der Waals surface area contributed by atoms with Crippen LogP contribution in [0.25, 0.3) is 0 Å². The summed E-state index contributed by atoms with van der Waals surface area (Å²) in [5.74, 6) is -0.365. The van der Waals surface area contributed by atoms with Gasteiger partial charge in [-0.3, -0.25) is 0 Å².